The number of hydrogen-bond acceptors (Lipinski definition) is 4. The van der Waals surface area contributed by atoms with Gasteiger partial charge in [-0.2, -0.15) is 0 Å². The third-order valence-corrected chi connectivity index (χ3v) is 9.95. The molecule has 2 amide bonds. The smallest absolute Gasteiger partial charge is 0.264 e. The standard InChI is InChI=1S/C31H35Cl2N3O4S/c1-22-11-9-12-24(19-22)20-35(23(2)31(38)34-25-13-5-3-6-14-25)29(37)21-36(28-18-10-17-27(32)30(28)33)41(39,40)26-15-7-4-8-16-26/h4,7-12,15-19,23,25H,3,5-6,13-14,20-21H2,1-2H3,(H,34,38). The first-order valence-electron chi connectivity index (χ1n) is 13.7. The van der Waals surface area contributed by atoms with Gasteiger partial charge in [0, 0.05) is 12.6 Å². The largest absolute Gasteiger partial charge is 0.352 e. The van der Waals surface area contributed by atoms with Gasteiger partial charge in [0.2, 0.25) is 11.8 Å². The summed E-state index contributed by atoms with van der Waals surface area (Å²) in [5.74, 6) is -0.815. The zero-order valence-electron chi connectivity index (χ0n) is 23.2. The predicted molar refractivity (Wildman–Crippen MR) is 164 cm³/mol. The lowest BCUT2D eigenvalue weighted by atomic mass is 9.95. The van der Waals surface area contributed by atoms with Gasteiger partial charge >= 0.3 is 0 Å². The van der Waals surface area contributed by atoms with Crippen molar-refractivity contribution in [2.75, 3.05) is 10.8 Å². The fraction of sp³-hybridized carbons (Fsp3) is 0.355. The molecular formula is C31H35Cl2N3O4S. The number of nitrogens with zero attached hydrogens (tertiary/aromatic N) is 2. The molecule has 4 rings (SSSR count). The summed E-state index contributed by atoms with van der Waals surface area (Å²) in [6.45, 7) is 3.17. The van der Waals surface area contributed by atoms with Gasteiger partial charge in [0.05, 0.1) is 20.6 Å². The molecule has 0 spiro atoms. The van der Waals surface area contributed by atoms with E-state index in [2.05, 4.69) is 5.32 Å². The van der Waals surface area contributed by atoms with Gasteiger partial charge in [-0.15, -0.1) is 0 Å². The highest BCUT2D eigenvalue weighted by atomic mass is 35.5. The van der Waals surface area contributed by atoms with Gasteiger partial charge < -0.3 is 10.2 Å². The Morgan fingerprint density at radius 1 is 0.951 bits per heavy atom. The van der Waals surface area contributed by atoms with Crippen LogP contribution >= 0.6 is 23.2 Å². The molecule has 0 radical (unpaired) electrons. The van der Waals surface area contributed by atoms with E-state index in [1.165, 1.54) is 23.1 Å². The Kier molecular flexibility index (Phi) is 10.3. The van der Waals surface area contributed by atoms with Crippen LogP contribution < -0.4 is 9.62 Å². The van der Waals surface area contributed by atoms with E-state index in [9.17, 15) is 18.0 Å². The predicted octanol–water partition coefficient (Wildman–Crippen LogP) is 6.36. The Balaban J connectivity index is 1.70. The molecule has 0 aliphatic heterocycles. The monoisotopic (exact) mass is 615 g/mol. The minimum absolute atomic E-state index is 0.00262. The van der Waals surface area contributed by atoms with Gasteiger partial charge in [-0.25, -0.2) is 8.42 Å². The summed E-state index contributed by atoms with van der Waals surface area (Å²) in [6, 6.07) is 19.3. The van der Waals surface area contributed by atoms with Crippen molar-refractivity contribution in [2.24, 2.45) is 0 Å². The highest BCUT2D eigenvalue weighted by Gasteiger charge is 2.34. The number of anilines is 1. The molecule has 7 nitrogen and oxygen atoms in total. The number of amides is 2. The maximum Gasteiger partial charge on any atom is 0.264 e. The molecule has 10 heteroatoms. The number of carbonyl (C=O) groups excluding carboxylic acids is 2. The first kappa shape index (κ1) is 30.9. The van der Waals surface area contributed by atoms with Crippen LogP contribution in [-0.4, -0.2) is 43.8 Å². The van der Waals surface area contributed by atoms with Gasteiger partial charge in [-0.1, -0.05) is 96.6 Å². The topological polar surface area (TPSA) is 86.8 Å². The molecule has 1 N–H and O–H groups in total. The van der Waals surface area contributed by atoms with Crippen LogP contribution in [0.2, 0.25) is 10.0 Å². The van der Waals surface area contributed by atoms with Crippen molar-refractivity contribution < 1.29 is 18.0 Å². The second-order valence-electron chi connectivity index (χ2n) is 10.4. The van der Waals surface area contributed by atoms with Crippen LogP contribution in [0.1, 0.15) is 50.2 Å². The fourth-order valence-electron chi connectivity index (χ4n) is 5.08. The molecule has 0 bridgehead atoms. The van der Waals surface area contributed by atoms with Crippen LogP contribution in [0.5, 0.6) is 0 Å². The third-order valence-electron chi connectivity index (χ3n) is 7.36. The highest BCUT2D eigenvalue weighted by molar-refractivity contribution is 7.92. The highest BCUT2D eigenvalue weighted by Crippen LogP contribution is 2.35. The van der Waals surface area contributed by atoms with Crippen LogP contribution in [0.15, 0.2) is 77.7 Å². The molecule has 3 aromatic rings. The van der Waals surface area contributed by atoms with Crippen LogP contribution in [0.4, 0.5) is 5.69 Å². The molecular weight excluding hydrogens is 581 g/mol. The number of rotatable bonds is 10. The van der Waals surface area contributed by atoms with Crippen molar-refractivity contribution in [2.45, 2.75) is 69.5 Å². The van der Waals surface area contributed by atoms with Crippen LogP contribution in [0, 0.1) is 6.92 Å². The number of halogens is 2. The van der Waals surface area contributed by atoms with E-state index in [4.69, 9.17) is 23.2 Å². The Morgan fingerprint density at radius 3 is 2.32 bits per heavy atom. The van der Waals surface area contributed by atoms with Crippen molar-refractivity contribution in [3.63, 3.8) is 0 Å². The average molecular weight is 617 g/mol. The number of nitrogens with one attached hydrogen (secondary N) is 1. The summed E-state index contributed by atoms with van der Waals surface area (Å²) in [5.41, 5.74) is 1.91. The summed E-state index contributed by atoms with van der Waals surface area (Å²) >= 11 is 12.7. The SMILES string of the molecule is Cc1cccc(CN(C(=O)CN(c2cccc(Cl)c2Cl)S(=O)(=O)c2ccccc2)C(C)C(=O)NC2CCCCC2)c1. The molecule has 1 fully saturated rings. The Labute approximate surface area is 252 Å². The number of carbonyl (C=O) groups is 2. The van der Waals surface area contributed by atoms with Crippen molar-refractivity contribution in [1.82, 2.24) is 10.2 Å². The second-order valence-corrected chi connectivity index (χ2v) is 13.1. The lowest BCUT2D eigenvalue weighted by molar-refractivity contribution is -0.139. The van der Waals surface area contributed by atoms with Gasteiger partial charge in [-0.05, 0) is 56.5 Å². The molecule has 1 unspecified atom stereocenters. The zero-order valence-corrected chi connectivity index (χ0v) is 25.6. The number of benzene rings is 3. The van der Waals surface area contributed by atoms with E-state index in [-0.39, 0.29) is 39.1 Å². The third kappa shape index (κ3) is 7.61. The quantitative estimate of drug-likeness (QED) is 0.287. The summed E-state index contributed by atoms with van der Waals surface area (Å²) in [4.78, 5) is 28.9. The lowest BCUT2D eigenvalue weighted by Gasteiger charge is -2.33. The van der Waals surface area contributed by atoms with E-state index in [0.29, 0.717) is 0 Å². The van der Waals surface area contributed by atoms with Crippen molar-refractivity contribution in [3.8, 4) is 0 Å². The van der Waals surface area contributed by atoms with Gasteiger partial charge in [0.1, 0.15) is 12.6 Å². The molecule has 218 valence electrons. The molecule has 1 aliphatic rings. The molecule has 41 heavy (non-hydrogen) atoms. The Morgan fingerprint density at radius 2 is 1.63 bits per heavy atom. The van der Waals surface area contributed by atoms with Crippen LogP contribution in [0.3, 0.4) is 0 Å². The number of sulfonamides is 1. The van der Waals surface area contributed by atoms with Gasteiger partial charge in [0.15, 0.2) is 0 Å². The average Bonchev–Trinajstić information content (AvgIpc) is 2.97. The van der Waals surface area contributed by atoms with Crippen molar-refractivity contribution in [1.29, 1.82) is 0 Å². The van der Waals surface area contributed by atoms with Gasteiger partial charge in [-0.3, -0.25) is 13.9 Å². The molecule has 3 aromatic carbocycles. The van der Waals surface area contributed by atoms with E-state index in [0.717, 1.165) is 47.5 Å². The van der Waals surface area contributed by atoms with Crippen molar-refractivity contribution >= 4 is 50.7 Å². The molecule has 1 aliphatic carbocycles. The number of hydrogen-bond donors (Lipinski definition) is 1. The lowest BCUT2D eigenvalue weighted by Crippen LogP contribution is -2.53. The van der Waals surface area contributed by atoms with Crippen LogP contribution in [0.25, 0.3) is 0 Å². The second kappa shape index (κ2) is 13.7. The van der Waals surface area contributed by atoms with E-state index >= 15 is 0 Å². The van der Waals surface area contributed by atoms with Crippen LogP contribution in [-0.2, 0) is 26.2 Å². The fourth-order valence-corrected chi connectivity index (χ4v) is 6.97. The van der Waals surface area contributed by atoms with E-state index in [1.54, 1.807) is 37.3 Å². The van der Waals surface area contributed by atoms with Crippen molar-refractivity contribution in [3.05, 3.63) is 94.0 Å². The summed E-state index contributed by atoms with van der Waals surface area (Å²) in [6.07, 6.45) is 5.06. The van der Waals surface area contributed by atoms with E-state index < -0.39 is 28.5 Å². The number of aryl methyl sites for hydroxylation is 1. The molecule has 0 saturated heterocycles. The molecule has 0 aromatic heterocycles. The normalized spacial score (nSPS) is 14.7. The minimum Gasteiger partial charge on any atom is -0.352 e. The first-order valence-corrected chi connectivity index (χ1v) is 15.9. The van der Waals surface area contributed by atoms with E-state index in [1.807, 2.05) is 31.2 Å². The van der Waals surface area contributed by atoms with Gasteiger partial charge in [0.25, 0.3) is 10.0 Å². The summed E-state index contributed by atoms with van der Waals surface area (Å²) in [5, 5.41) is 3.27. The first-order chi connectivity index (χ1) is 19.6. The maximum atomic E-state index is 14.1. The molecule has 0 heterocycles. The maximum absolute atomic E-state index is 14.1. The summed E-state index contributed by atoms with van der Waals surface area (Å²) in [7, 11) is -4.23. The zero-order chi connectivity index (χ0) is 29.6. The molecule has 1 atom stereocenters. The molecule has 1 saturated carbocycles. The Bertz CT molecular complexity index is 1480. The minimum atomic E-state index is -4.23. The Hall–Kier alpha value is -3.07. The summed E-state index contributed by atoms with van der Waals surface area (Å²) < 4.78 is 28.8.